The zero-order chi connectivity index (χ0) is 26.9. The smallest absolute Gasteiger partial charge is 0.228 e. The molecule has 204 valence electrons. The van der Waals surface area contributed by atoms with Gasteiger partial charge in [-0.2, -0.15) is 0 Å². The van der Waals surface area contributed by atoms with E-state index in [1.165, 1.54) is 6.07 Å². The highest BCUT2D eigenvalue weighted by atomic mass is 19.1. The number of rotatable bonds is 6. The highest BCUT2D eigenvalue weighted by Gasteiger charge is 2.28. The summed E-state index contributed by atoms with van der Waals surface area (Å²) in [6.07, 6.45) is 4.85. The first-order valence-electron chi connectivity index (χ1n) is 13.4. The van der Waals surface area contributed by atoms with Gasteiger partial charge in [0, 0.05) is 80.1 Å². The fourth-order valence-corrected chi connectivity index (χ4v) is 5.71. The highest BCUT2D eigenvalue weighted by molar-refractivity contribution is 5.94. The zero-order valence-electron chi connectivity index (χ0n) is 22.3. The lowest BCUT2D eigenvalue weighted by Gasteiger charge is -2.42. The van der Waals surface area contributed by atoms with Crippen LogP contribution in [0.15, 0.2) is 48.8 Å². The minimum absolute atomic E-state index is 0.148. The molecular formula is C29H33F2N7O. The predicted molar refractivity (Wildman–Crippen MR) is 150 cm³/mol. The van der Waals surface area contributed by atoms with Crippen LogP contribution in [0.4, 0.5) is 26.1 Å². The first-order valence-corrected chi connectivity index (χ1v) is 13.4. The lowest BCUT2D eigenvalue weighted by atomic mass is 10.0. The van der Waals surface area contributed by atoms with Gasteiger partial charge in [0.25, 0.3) is 0 Å². The number of piperazine rings is 1. The van der Waals surface area contributed by atoms with Crippen LogP contribution in [0.5, 0.6) is 5.75 Å². The molecule has 6 rings (SSSR count). The van der Waals surface area contributed by atoms with E-state index in [1.807, 2.05) is 24.3 Å². The number of piperidine rings is 1. The van der Waals surface area contributed by atoms with Crippen molar-refractivity contribution < 1.29 is 13.5 Å². The number of para-hydroxylation sites is 1. The summed E-state index contributed by atoms with van der Waals surface area (Å²) in [5, 5.41) is 3.88. The van der Waals surface area contributed by atoms with E-state index in [-0.39, 0.29) is 17.5 Å². The van der Waals surface area contributed by atoms with Gasteiger partial charge in [0.15, 0.2) is 5.82 Å². The van der Waals surface area contributed by atoms with Crippen molar-refractivity contribution in [2.75, 3.05) is 63.6 Å². The van der Waals surface area contributed by atoms with Crippen LogP contribution >= 0.6 is 0 Å². The molecule has 2 aliphatic heterocycles. The van der Waals surface area contributed by atoms with E-state index in [2.05, 4.69) is 42.0 Å². The summed E-state index contributed by atoms with van der Waals surface area (Å²) in [6.45, 7) is 5.97. The van der Waals surface area contributed by atoms with Gasteiger partial charge in [-0.05, 0) is 26.0 Å². The Morgan fingerprint density at radius 3 is 2.54 bits per heavy atom. The number of aromatic amines is 1. The normalized spacial score (nSPS) is 17.6. The predicted octanol–water partition coefficient (Wildman–Crippen LogP) is 4.87. The summed E-state index contributed by atoms with van der Waals surface area (Å²) < 4.78 is 35.8. The van der Waals surface area contributed by atoms with E-state index >= 15 is 4.39 Å². The third kappa shape index (κ3) is 5.14. The van der Waals surface area contributed by atoms with Crippen LogP contribution in [0.1, 0.15) is 12.8 Å². The second-order valence-electron chi connectivity index (χ2n) is 10.3. The van der Waals surface area contributed by atoms with Crippen LogP contribution in [0.3, 0.4) is 0 Å². The molecule has 0 atom stereocenters. The Bertz CT molecular complexity index is 1460. The second kappa shape index (κ2) is 10.8. The first-order chi connectivity index (χ1) is 19.0. The van der Waals surface area contributed by atoms with Crippen molar-refractivity contribution in [1.29, 1.82) is 0 Å². The molecule has 10 heteroatoms. The van der Waals surface area contributed by atoms with Gasteiger partial charge in [-0.25, -0.2) is 18.7 Å². The van der Waals surface area contributed by atoms with Crippen molar-refractivity contribution in [1.82, 2.24) is 24.8 Å². The number of hydrogen-bond donors (Lipinski definition) is 2. The number of benzene rings is 2. The summed E-state index contributed by atoms with van der Waals surface area (Å²) in [7, 11) is 3.71. The van der Waals surface area contributed by atoms with Gasteiger partial charge in [-0.15, -0.1) is 0 Å². The minimum Gasteiger partial charge on any atom is -0.494 e. The lowest BCUT2D eigenvalue weighted by Crippen LogP contribution is -2.52. The van der Waals surface area contributed by atoms with Crippen LogP contribution in [0.25, 0.3) is 22.2 Å². The van der Waals surface area contributed by atoms with Gasteiger partial charge in [0.05, 0.1) is 24.7 Å². The van der Waals surface area contributed by atoms with Crippen LogP contribution in [0.2, 0.25) is 0 Å². The molecule has 2 fully saturated rings. The number of likely N-dealkylation sites (N-methyl/N-ethyl adjacent to an activating group) is 1. The molecule has 2 aromatic heterocycles. The number of anilines is 3. The summed E-state index contributed by atoms with van der Waals surface area (Å²) in [6, 6.07) is 11.3. The molecule has 0 amide bonds. The van der Waals surface area contributed by atoms with E-state index in [0.29, 0.717) is 28.7 Å². The van der Waals surface area contributed by atoms with E-state index in [0.717, 1.165) is 69.2 Å². The van der Waals surface area contributed by atoms with Crippen molar-refractivity contribution in [2.45, 2.75) is 18.9 Å². The quantitative estimate of drug-likeness (QED) is 0.366. The molecule has 4 heterocycles. The van der Waals surface area contributed by atoms with Gasteiger partial charge in [-0.1, -0.05) is 18.2 Å². The SMILES string of the molecule is COc1cc(N2CCC(N3CCN(C)CC3)CC2)c(F)cc1Nc1ncc(F)c(-c2c[nH]c3ccccc23)n1. The van der Waals surface area contributed by atoms with Crippen LogP contribution in [0, 0.1) is 11.6 Å². The molecule has 0 radical (unpaired) electrons. The molecule has 2 aromatic carbocycles. The molecule has 4 aromatic rings. The van der Waals surface area contributed by atoms with E-state index in [1.54, 1.807) is 19.4 Å². The highest BCUT2D eigenvalue weighted by Crippen LogP contribution is 2.36. The first kappa shape index (κ1) is 25.5. The number of aromatic nitrogens is 3. The number of halogens is 2. The molecule has 2 N–H and O–H groups in total. The number of hydrogen-bond acceptors (Lipinski definition) is 7. The monoisotopic (exact) mass is 533 g/mol. The summed E-state index contributed by atoms with van der Waals surface area (Å²) in [5.74, 6) is -0.279. The Hall–Kier alpha value is -3.76. The second-order valence-corrected chi connectivity index (χ2v) is 10.3. The molecule has 0 unspecified atom stereocenters. The maximum absolute atomic E-state index is 15.4. The Morgan fingerprint density at radius 2 is 1.77 bits per heavy atom. The molecule has 2 aliphatic rings. The maximum atomic E-state index is 15.4. The summed E-state index contributed by atoms with van der Waals surface area (Å²) in [5.41, 5.74) is 2.56. The Morgan fingerprint density at radius 1 is 1.00 bits per heavy atom. The molecule has 8 nitrogen and oxygen atoms in total. The zero-order valence-corrected chi connectivity index (χ0v) is 22.3. The van der Waals surface area contributed by atoms with E-state index < -0.39 is 5.82 Å². The Kier molecular flexibility index (Phi) is 7.05. The third-order valence-electron chi connectivity index (χ3n) is 7.96. The molecule has 39 heavy (non-hydrogen) atoms. The number of nitrogens with zero attached hydrogens (tertiary/aromatic N) is 5. The Balaban J connectivity index is 1.20. The maximum Gasteiger partial charge on any atom is 0.228 e. The number of methoxy groups -OCH3 is 1. The average Bonchev–Trinajstić information content (AvgIpc) is 3.39. The molecule has 0 spiro atoms. The van der Waals surface area contributed by atoms with Crippen molar-refractivity contribution >= 4 is 28.2 Å². The van der Waals surface area contributed by atoms with Crippen molar-refractivity contribution in [3.63, 3.8) is 0 Å². The van der Waals surface area contributed by atoms with Crippen molar-refractivity contribution in [3.8, 4) is 17.0 Å². The van der Waals surface area contributed by atoms with E-state index in [4.69, 9.17) is 4.74 Å². The molecule has 2 saturated heterocycles. The molecular weight excluding hydrogens is 500 g/mol. The van der Waals surface area contributed by atoms with Gasteiger partial charge < -0.3 is 24.8 Å². The lowest BCUT2D eigenvalue weighted by molar-refractivity contribution is 0.0981. The van der Waals surface area contributed by atoms with E-state index in [9.17, 15) is 4.39 Å². The summed E-state index contributed by atoms with van der Waals surface area (Å²) >= 11 is 0. The third-order valence-corrected chi connectivity index (χ3v) is 7.96. The molecule has 0 saturated carbocycles. The number of fused-ring (bicyclic) bond motifs is 1. The van der Waals surface area contributed by atoms with Gasteiger partial charge in [0.2, 0.25) is 5.95 Å². The van der Waals surface area contributed by atoms with Gasteiger partial charge in [-0.3, -0.25) is 4.90 Å². The van der Waals surface area contributed by atoms with Gasteiger partial charge in [0.1, 0.15) is 17.3 Å². The van der Waals surface area contributed by atoms with Crippen molar-refractivity contribution in [3.05, 3.63) is 60.4 Å². The van der Waals surface area contributed by atoms with Gasteiger partial charge >= 0.3 is 0 Å². The van der Waals surface area contributed by atoms with Crippen LogP contribution in [-0.2, 0) is 0 Å². The Labute approximate surface area is 226 Å². The fraction of sp³-hybridized carbons (Fsp3) is 0.379. The van der Waals surface area contributed by atoms with Crippen LogP contribution in [-0.4, -0.2) is 84.2 Å². The van der Waals surface area contributed by atoms with Crippen molar-refractivity contribution in [2.24, 2.45) is 0 Å². The number of H-pyrrole nitrogens is 1. The number of nitrogens with one attached hydrogen (secondary N) is 2. The fourth-order valence-electron chi connectivity index (χ4n) is 5.71. The molecule has 0 bridgehead atoms. The number of ether oxygens (including phenoxy) is 1. The minimum atomic E-state index is -0.543. The molecule has 0 aliphatic carbocycles. The average molecular weight is 534 g/mol. The van der Waals surface area contributed by atoms with Crippen LogP contribution < -0.4 is 15.0 Å². The topological polar surface area (TPSA) is 72.6 Å². The summed E-state index contributed by atoms with van der Waals surface area (Å²) in [4.78, 5) is 18.7. The largest absolute Gasteiger partial charge is 0.494 e. The standard InChI is InChI=1S/C29H33F2N7O/c1-36-11-13-37(14-12-36)19-7-9-38(10-8-19)26-16-27(39-2)25(15-22(26)30)34-29-33-18-23(31)28(35-29)21-17-32-24-6-4-3-5-20(21)24/h3-6,15-19,32H,7-14H2,1-2H3,(H,33,34,35).